The smallest absolute Gasteiger partial charge is 0.336 e. The van der Waals surface area contributed by atoms with Gasteiger partial charge in [0.15, 0.2) is 12.0 Å². The minimum absolute atomic E-state index is 0.252. The second-order valence-electron chi connectivity index (χ2n) is 3.45. The molecule has 2 unspecified atom stereocenters. The van der Waals surface area contributed by atoms with E-state index in [1.807, 2.05) is 0 Å². The Bertz CT molecular complexity index is 452. The van der Waals surface area contributed by atoms with Gasteiger partial charge in [-0.1, -0.05) is 41.9 Å². The molecule has 0 radical (unpaired) electrons. The quantitative estimate of drug-likeness (QED) is 0.512. The summed E-state index contributed by atoms with van der Waals surface area (Å²) in [5.74, 6) is -3.56. The fourth-order valence-corrected chi connectivity index (χ4v) is 1.52. The molecule has 0 fully saturated rings. The Kier molecular flexibility index (Phi) is 4.34. The molecular formula is C11H8ClF3O3. The topological polar surface area (TPSA) is 54.4 Å². The summed E-state index contributed by atoms with van der Waals surface area (Å²) in [5, 5.41) is 8.76. The van der Waals surface area contributed by atoms with E-state index in [0.717, 1.165) is 0 Å². The largest absolute Gasteiger partial charge is 0.480 e. The number of halogens is 4. The number of ketones is 1. The van der Waals surface area contributed by atoms with Crippen molar-refractivity contribution >= 4 is 23.4 Å². The molecule has 0 saturated heterocycles. The van der Waals surface area contributed by atoms with Gasteiger partial charge in [0.2, 0.25) is 4.87 Å². The van der Waals surface area contributed by atoms with Crippen LogP contribution in [0.1, 0.15) is 10.4 Å². The fraction of sp³-hybridized carbons (Fsp3) is 0.273. The van der Waals surface area contributed by atoms with Gasteiger partial charge >= 0.3 is 5.97 Å². The molecular weight excluding hydrogens is 273 g/mol. The van der Waals surface area contributed by atoms with Crippen molar-refractivity contribution in [2.75, 3.05) is 0 Å². The van der Waals surface area contributed by atoms with Crippen LogP contribution in [0.3, 0.4) is 0 Å². The maximum absolute atomic E-state index is 13.3. The summed E-state index contributed by atoms with van der Waals surface area (Å²) in [7, 11) is 0. The number of carbonyl (C=O) groups is 2. The maximum atomic E-state index is 13.3. The molecule has 0 amide bonds. The summed E-state index contributed by atoms with van der Waals surface area (Å²) in [6, 6.07) is 6.61. The van der Waals surface area contributed by atoms with Crippen LogP contribution in [0, 0.1) is 0 Å². The molecule has 1 aromatic carbocycles. The van der Waals surface area contributed by atoms with E-state index in [4.69, 9.17) is 16.7 Å². The first-order valence-corrected chi connectivity index (χ1v) is 5.14. The lowest BCUT2D eigenvalue weighted by Crippen LogP contribution is -2.52. The van der Waals surface area contributed by atoms with Crippen LogP contribution in [0.2, 0.25) is 0 Å². The predicted molar refractivity (Wildman–Crippen MR) is 57.9 cm³/mol. The Labute approximate surface area is 105 Å². The van der Waals surface area contributed by atoms with Crippen LogP contribution in [-0.2, 0) is 4.79 Å². The Balaban J connectivity index is 3.22. The van der Waals surface area contributed by atoms with Gasteiger partial charge in [-0.25, -0.2) is 18.0 Å². The summed E-state index contributed by atoms with van der Waals surface area (Å²) in [4.78, 5) is 19.3. The lowest BCUT2D eigenvalue weighted by atomic mass is 9.92. The van der Waals surface area contributed by atoms with E-state index >= 15 is 0 Å². The second kappa shape index (κ2) is 5.39. The molecule has 0 aliphatic carbocycles. The monoisotopic (exact) mass is 280 g/mol. The van der Waals surface area contributed by atoms with E-state index in [2.05, 4.69) is 0 Å². The van der Waals surface area contributed by atoms with Gasteiger partial charge in [0.1, 0.15) is 0 Å². The molecule has 0 heterocycles. The normalized spacial score (nSPS) is 16.1. The first-order valence-electron chi connectivity index (χ1n) is 4.76. The van der Waals surface area contributed by atoms with Crippen molar-refractivity contribution in [2.24, 2.45) is 0 Å². The highest BCUT2D eigenvalue weighted by Gasteiger charge is 2.56. The van der Waals surface area contributed by atoms with Crippen molar-refractivity contribution in [3.05, 3.63) is 35.9 Å². The van der Waals surface area contributed by atoms with E-state index in [-0.39, 0.29) is 5.56 Å². The molecule has 7 heteroatoms. The lowest BCUT2D eigenvalue weighted by molar-refractivity contribution is -0.142. The SMILES string of the molecule is O=C(O)C(Cl)(C(=O)c1ccccc1)C(F)C(F)F. The molecule has 0 aliphatic rings. The number of Topliss-reactive ketones (excluding diaryl/α,β-unsaturated/α-hetero) is 1. The molecule has 3 nitrogen and oxygen atoms in total. The first kappa shape index (κ1) is 14.5. The van der Waals surface area contributed by atoms with Crippen molar-refractivity contribution < 1.29 is 27.9 Å². The van der Waals surface area contributed by atoms with Crippen LogP contribution in [0.4, 0.5) is 13.2 Å². The van der Waals surface area contributed by atoms with Crippen molar-refractivity contribution in [3.63, 3.8) is 0 Å². The van der Waals surface area contributed by atoms with E-state index in [1.54, 1.807) is 0 Å². The standard InChI is InChI=1S/C11H8ClF3O3/c12-11(10(17)18,7(13)9(14)15)8(16)6-4-2-1-3-5-6/h1-5,7,9H,(H,17,18). The molecule has 18 heavy (non-hydrogen) atoms. The molecule has 0 bridgehead atoms. The number of aliphatic carboxylic acids is 1. The van der Waals surface area contributed by atoms with Gasteiger partial charge in [-0.05, 0) is 0 Å². The van der Waals surface area contributed by atoms with Crippen molar-refractivity contribution in [1.82, 2.24) is 0 Å². The summed E-state index contributed by atoms with van der Waals surface area (Å²) in [6.45, 7) is 0. The van der Waals surface area contributed by atoms with E-state index < -0.39 is 29.2 Å². The van der Waals surface area contributed by atoms with Gasteiger partial charge in [-0.15, -0.1) is 0 Å². The van der Waals surface area contributed by atoms with Gasteiger partial charge in [-0.3, -0.25) is 4.79 Å². The second-order valence-corrected chi connectivity index (χ2v) is 4.04. The summed E-state index contributed by atoms with van der Waals surface area (Å²) < 4.78 is 37.8. The molecule has 0 spiro atoms. The average Bonchev–Trinajstić information content (AvgIpc) is 2.36. The third-order valence-corrected chi connectivity index (χ3v) is 2.82. The number of carbonyl (C=O) groups excluding carboxylic acids is 1. The molecule has 1 N–H and O–H groups in total. The highest BCUT2D eigenvalue weighted by Crippen LogP contribution is 2.31. The van der Waals surface area contributed by atoms with Gasteiger partial charge in [0.05, 0.1) is 0 Å². The number of carboxylic acid groups (broad SMARTS) is 1. The molecule has 98 valence electrons. The van der Waals surface area contributed by atoms with Gasteiger partial charge in [-0.2, -0.15) is 0 Å². The maximum Gasteiger partial charge on any atom is 0.336 e. The predicted octanol–water partition coefficient (Wildman–Crippen LogP) is 2.53. The van der Waals surface area contributed by atoms with Crippen LogP contribution in [-0.4, -0.2) is 34.3 Å². The number of hydrogen-bond donors (Lipinski definition) is 1. The zero-order valence-electron chi connectivity index (χ0n) is 8.82. The fourth-order valence-electron chi connectivity index (χ4n) is 1.31. The Morgan fingerprint density at radius 1 is 1.17 bits per heavy atom. The van der Waals surface area contributed by atoms with Crippen LogP contribution in [0.5, 0.6) is 0 Å². The van der Waals surface area contributed by atoms with Crippen molar-refractivity contribution in [2.45, 2.75) is 17.5 Å². The highest BCUT2D eigenvalue weighted by molar-refractivity contribution is 6.48. The Morgan fingerprint density at radius 3 is 2.06 bits per heavy atom. The summed E-state index contributed by atoms with van der Waals surface area (Å²) in [6.07, 6.45) is -6.98. The van der Waals surface area contributed by atoms with Crippen LogP contribution < -0.4 is 0 Å². The van der Waals surface area contributed by atoms with Gasteiger partial charge in [0.25, 0.3) is 6.43 Å². The molecule has 1 aromatic rings. The zero-order chi connectivity index (χ0) is 13.9. The van der Waals surface area contributed by atoms with E-state index in [0.29, 0.717) is 0 Å². The lowest BCUT2D eigenvalue weighted by Gasteiger charge is -2.24. The highest BCUT2D eigenvalue weighted by atomic mass is 35.5. The third-order valence-electron chi connectivity index (χ3n) is 2.28. The zero-order valence-corrected chi connectivity index (χ0v) is 9.57. The van der Waals surface area contributed by atoms with E-state index in [1.165, 1.54) is 30.3 Å². The number of rotatable bonds is 5. The van der Waals surface area contributed by atoms with Crippen molar-refractivity contribution in [1.29, 1.82) is 0 Å². The third kappa shape index (κ3) is 2.48. The summed E-state index contributed by atoms with van der Waals surface area (Å²) in [5.41, 5.74) is -0.252. The Morgan fingerprint density at radius 2 is 1.67 bits per heavy atom. The molecule has 0 aliphatic heterocycles. The van der Waals surface area contributed by atoms with Crippen molar-refractivity contribution in [3.8, 4) is 0 Å². The summed E-state index contributed by atoms with van der Waals surface area (Å²) >= 11 is 5.30. The molecule has 1 rings (SSSR count). The van der Waals surface area contributed by atoms with Gasteiger partial charge in [0, 0.05) is 5.56 Å². The minimum Gasteiger partial charge on any atom is -0.480 e. The molecule has 2 atom stereocenters. The van der Waals surface area contributed by atoms with Crippen LogP contribution >= 0.6 is 11.6 Å². The van der Waals surface area contributed by atoms with Crippen LogP contribution in [0.15, 0.2) is 30.3 Å². The van der Waals surface area contributed by atoms with Gasteiger partial charge < -0.3 is 5.11 Å². The number of hydrogen-bond acceptors (Lipinski definition) is 2. The average molecular weight is 281 g/mol. The Hall–Kier alpha value is -1.56. The van der Waals surface area contributed by atoms with Crippen LogP contribution in [0.25, 0.3) is 0 Å². The first-order chi connectivity index (χ1) is 8.31. The molecule has 0 aromatic heterocycles. The molecule has 0 saturated carbocycles. The number of benzene rings is 1. The number of alkyl halides is 4. The number of carboxylic acids is 1. The minimum atomic E-state index is -3.67. The van der Waals surface area contributed by atoms with E-state index in [9.17, 15) is 22.8 Å².